The van der Waals surface area contributed by atoms with Crippen molar-refractivity contribution < 1.29 is 9.59 Å². The molecule has 14 heavy (non-hydrogen) atoms. The fourth-order valence-corrected chi connectivity index (χ4v) is 1.03. The molecule has 0 saturated heterocycles. The predicted octanol–water partition coefficient (Wildman–Crippen LogP) is -0.117. The number of hydrogen-bond acceptors (Lipinski definition) is 2. The number of carbonyl (C=O) groups is 2. The third-order valence-electron chi connectivity index (χ3n) is 1.70. The second-order valence-corrected chi connectivity index (χ2v) is 3.00. The number of amides is 4. The Bertz CT molecular complexity index is 164. The van der Waals surface area contributed by atoms with Crippen LogP contribution in [0.1, 0.15) is 25.7 Å². The molecule has 0 aromatic heterocycles. The van der Waals surface area contributed by atoms with Crippen LogP contribution in [0.15, 0.2) is 0 Å². The van der Waals surface area contributed by atoms with Crippen molar-refractivity contribution in [1.82, 2.24) is 10.6 Å². The van der Waals surface area contributed by atoms with Gasteiger partial charge in [0.05, 0.1) is 0 Å². The lowest BCUT2D eigenvalue weighted by Gasteiger charge is -2.02. The number of unbranched alkanes of at least 4 members (excludes halogenated alkanes) is 3. The highest BCUT2D eigenvalue weighted by atomic mass is 16.2. The van der Waals surface area contributed by atoms with Crippen LogP contribution in [-0.2, 0) is 0 Å². The van der Waals surface area contributed by atoms with Crippen molar-refractivity contribution in [1.29, 1.82) is 0 Å². The molecular weight excluding hydrogens is 184 g/mol. The van der Waals surface area contributed by atoms with E-state index in [0.29, 0.717) is 13.1 Å². The number of hydrogen-bond donors (Lipinski definition) is 4. The van der Waals surface area contributed by atoms with Crippen LogP contribution in [0.3, 0.4) is 0 Å². The highest BCUT2D eigenvalue weighted by molar-refractivity contribution is 5.71. The van der Waals surface area contributed by atoms with E-state index in [0.717, 1.165) is 25.7 Å². The summed E-state index contributed by atoms with van der Waals surface area (Å²) in [5.74, 6) is 0. The molecule has 0 heterocycles. The predicted molar refractivity (Wildman–Crippen MR) is 53.6 cm³/mol. The molecule has 0 aromatic carbocycles. The van der Waals surface area contributed by atoms with E-state index in [9.17, 15) is 9.59 Å². The number of urea groups is 2. The minimum absolute atomic E-state index is 0.486. The monoisotopic (exact) mass is 202 g/mol. The molecule has 6 nitrogen and oxygen atoms in total. The van der Waals surface area contributed by atoms with Gasteiger partial charge in [0.2, 0.25) is 0 Å². The number of nitrogens with two attached hydrogens (primary N) is 2. The average Bonchev–Trinajstić information content (AvgIpc) is 2.08. The molecule has 0 radical (unpaired) electrons. The Balaban J connectivity index is 2.99. The fourth-order valence-electron chi connectivity index (χ4n) is 1.03. The van der Waals surface area contributed by atoms with Gasteiger partial charge < -0.3 is 22.1 Å². The molecule has 0 saturated carbocycles. The first kappa shape index (κ1) is 12.5. The smallest absolute Gasteiger partial charge is 0.312 e. The minimum Gasteiger partial charge on any atom is -0.352 e. The van der Waals surface area contributed by atoms with Crippen molar-refractivity contribution in [2.45, 2.75) is 25.7 Å². The highest BCUT2D eigenvalue weighted by Crippen LogP contribution is 1.97. The van der Waals surface area contributed by atoms with Gasteiger partial charge >= 0.3 is 12.1 Å². The van der Waals surface area contributed by atoms with E-state index in [2.05, 4.69) is 10.6 Å². The summed E-state index contributed by atoms with van der Waals surface area (Å²) in [6.07, 6.45) is 3.81. The normalized spacial score (nSPS) is 9.43. The lowest BCUT2D eigenvalue weighted by Crippen LogP contribution is -2.30. The molecule has 0 rings (SSSR count). The summed E-state index contributed by atoms with van der Waals surface area (Å²) >= 11 is 0. The van der Waals surface area contributed by atoms with Crippen LogP contribution in [0.4, 0.5) is 9.59 Å². The topological polar surface area (TPSA) is 110 Å². The SMILES string of the molecule is NC(=O)NCCCCCCNC(N)=O. The lowest BCUT2D eigenvalue weighted by molar-refractivity contribution is 0.247. The van der Waals surface area contributed by atoms with E-state index >= 15 is 0 Å². The van der Waals surface area contributed by atoms with Gasteiger partial charge in [-0.1, -0.05) is 12.8 Å². The molecule has 6 N–H and O–H groups in total. The minimum atomic E-state index is -0.486. The first-order valence-electron chi connectivity index (χ1n) is 4.69. The van der Waals surface area contributed by atoms with E-state index in [-0.39, 0.29) is 0 Å². The van der Waals surface area contributed by atoms with Crippen molar-refractivity contribution in [3.63, 3.8) is 0 Å². The second-order valence-electron chi connectivity index (χ2n) is 3.00. The van der Waals surface area contributed by atoms with Crippen LogP contribution in [-0.4, -0.2) is 25.2 Å². The Morgan fingerprint density at radius 3 is 1.43 bits per heavy atom. The van der Waals surface area contributed by atoms with Gasteiger partial charge in [-0.05, 0) is 12.8 Å². The van der Waals surface area contributed by atoms with Crippen LogP contribution in [0.5, 0.6) is 0 Å². The Kier molecular flexibility index (Phi) is 7.30. The van der Waals surface area contributed by atoms with Crippen LogP contribution in [0.2, 0.25) is 0 Å². The maximum Gasteiger partial charge on any atom is 0.312 e. The largest absolute Gasteiger partial charge is 0.352 e. The Labute approximate surface area is 83.4 Å². The molecule has 0 aromatic rings. The third kappa shape index (κ3) is 10.5. The number of nitrogens with one attached hydrogen (secondary N) is 2. The van der Waals surface area contributed by atoms with Crippen molar-refractivity contribution >= 4 is 12.1 Å². The quantitative estimate of drug-likeness (QED) is 0.432. The second kappa shape index (κ2) is 8.15. The summed E-state index contributed by atoms with van der Waals surface area (Å²) in [7, 11) is 0. The van der Waals surface area contributed by atoms with E-state index in [4.69, 9.17) is 11.5 Å². The van der Waals surface area contributed by atoms with Crippen LogP contribution in [0, 0.1) is 0 Å². The molecule has 6 heteroatoms. The van der Waals surface area contributed by atoms with Crippen molar-refractivity contribution in [3.05, 3.63) is 0 Å². The van der Waals surface area contributed by atoms with Crippen LogP contribution >= 0.6 is 0 Å². The van der Waals surface area contributed by atoms with Gasteiger partial charge in [0.1, 0.15) is 0 Å². The summed E-state index contributed by atoms with van der Waals surface area (Å²) in [4.78, 5) is 20.5. The van der Waals surface area contributed by atoms with Gasteiger partial charge in [0.15, 0.2) is 0 Å². The lowest BCUT2D eigenvalue weighted by atomic mass is 10.2. The van der Waals surface area contributed by atoms with E-state index in [1.807, 2.05) is 0 Å². The van der Waals surface area contributed by atoms with Crippen LogP contribution < -0.4 is 22.1 Å². The maximum atomic E-state index is 10.3. The van der Waals surface area contributed by atoms with Gasteiger partial charge in [-0.3, -0.25) is 0 Å². The molecule has 0 fully saturated rings. The van der Waals surface area contributed by atoms with Gasteiger partial charge in [0.25, 0.3) is 0 Å². The standard InChI is InChI=1S/C8H18N4O2/c9-7(13)11-5-3-1-2-4-6-12-8(10)14/h1-6H2,(H3,9,11,13)(H3,10,12,14). The Morgan fingerprint density at radius 2 is 1.14 bits per heavy atom. The van der Waals surface area contributed by atoms with Crippen molar-refractivity contribution in [2.75, 3.05) is 13.1 Å². The number of rotatable bonds is 7. The van der Waals surface area contributed by atoms with Gasteiger partial charge in [-0.15, -0.1) is 0 Å². The third-order valence-corrected chi connectivity index (χ3v) is 1.70. The average molecular weight is 202 g/mol. The first-order chi connectivity index (χ1) is 6.63. The fraction of sp³-hybridized carbons (Fsp3) is 0.750. The van der Waals surface area contributed by atoms with Crippen LogP contribution in [0.25, 0.3) is 0 Å². The highest BCUT2D eigenvalue weighted by Gasteiger charge is 1.93. The van der Waals surface area contributed by atoms with Crippen molar-refractivity contribution in [3.8, 4) is 0 Å². The molecule has 0 atom stereocenters. The zero-order valence-corrected chi connectivity index (χ0v) is 8.21. The van der Waals surface area contributed by atoms with Crippen molar-refractivity contribution in [2.24, 2.45) is 11.5 Å². The summed E-state index contributed by atoms with van der Waals surface area (Å²) < 4.78 is 0. The zero-order valence-electron chi connectivity index (χ0n) is 8.21. The number of carbonyl (C=O) groups excluding carboxylic acids is 2. The van der Waals surface area contributed by atoms with Gasteiger partial charge in [0, 0.05) is 13.1 Å². The summed E-state index contributed by atoms with van der Waals surface area (Å²) in [6.45, 7) is 1.22. The summed E-state index contributed by atoms with van der Waals surface area (Å²) in [5.41, 5.74) is 9.75. The van der Waals surface area contributed by atoms with Gasteiger partial charge in [-0.2, -0.15) is 0 Å². The number of primary amides is 2. The Hall–Kier alpha value is -1.46. The van der Waals surface area contributed by atoms with E-state index in [1.165, 1.54) is 0 Å². The summed E-state index contributed by atoms with van der Waals surface area (Å²) in [5, 5.41) is 5.01. The first-order valence-corrected chi connectivity index (χ1v) is 4.69. The van der Waals surface area contributed by atoms with E-state index in [1.54, 1.807) is 0 Å². The molecule has 0 aliphatic heterocycles. The molecule has 0 unspecified atom stereocenters. The Morgan fingerprint density at radius 1 is 0.786 bits per heavy atom. The molecule has 0 aliphatic carbocycles. The molecule has 4 amide bonds. The van der Waals surface area contributed by atoms with Gasteiger partial charge in [-0.25, -0.2) is 9.59 Å². The van der Waals surface area contributed by atoms with E-state index < -0.39 is 12.1 Å². The molecule has 0 aliphatic rings. The molecule has 82 valence electrons. The molecule has 0 bridgehead atoms. The zero-order chi connectivity index (χ0) is 10.8. The molecular formula is C8H18N4O2. The molecule has 0 spiro atoms. The summed E-state index contributed by atoms with van der Waals surface area (Å²) in [6, 6.07) is -0.971. The maximum absolute atomic E-state index is 10.3.